The van der Waals surface area contributed by atoms with Crippen molar-refractivity contribution in [3.8, 4) is 11.5 Å². The van der Waals surface area contributed by atoms with Crippen LogP contribution in [0.1, 0.15) is 12.8 Å². The molecule has 0 bridgehead atoms. The summed E-state index contributed by atoms with van der Waals surface area (Å²) in [4.78, 5) is 0. The molecule has 0 aromatic heterocycles. The maximum absolute atomic E-state index is 5.92. The number of benzene rings is 1. The van der Waals surface area contributed by atoms with Gasteiger partial charge < -0.3 is 20.5 Å². The average molecular weight is 206 g/mol. The molecule has 3 N–H and O–H groups in total. The number of hydrogen-bond donors (Lipinski definition) is 2. The predicted octanol–water partition coefficient (Wildman–Crippen LogP) is 1.61. The van der Waals surface area contributed by atoms with Gasteiger partial charge in [0.1, 0.15) is 13.2 Å². The van der Waals surface area contributed by atoms with Gasteiger partial charge in [0, 0.05) is 18.2 Å². The van der Waals surface area contributed by atoms with Gasteiger partial charge in [-0.05, 0) is 12.8 Å². The summed E-state index contributed by atoms with van der Waals surface area (Å²) in [5.41, 5.74) is 7.61. The molecule has 0 radical (unpaired) electrons. The largest absolute Gasteiger partial charge is 0.486 e. The molecule has 80 valence electrons. The van der Waals surface area contributed by atoms with Gasteiger partial charge in [0.05, 0.1) is 11.4 Å². The molecular formula is C11H14N2O2. The summed E-state index contributed by atoms with van der Waals surface area (Å²) in [7, 11) is 0. The first-order valence-electron chi connectivity index (χ1n) is 5.28. The second-order valence-corrected chi connectivity index (χ2v) is 4.00. The number of nitrogens with one attached hydrogen (secondary N) is 1. The van der Waals surface area contributed by atoms with Crippen LogP contribution >= 0.6 is 0 Å². The van der Waals surface area contributed by atoms with Gasteiger partial charge in [0.2, 0.25) is 0 Å². The van der Waals surface area contributed by atoms with Crippen molar-refractivity contribution >= 4 is 11.4 Å². The lowest BCUT2D eigenvalue weighted by molar-refractivity contribution is 0.172. The molecule has 1 saturated carbocycles. The molecule has 1 aromatic rings. The van der Waals surface area contributed by atoms with Crippen LogP contribution in [0.4, 0.5) is 11.4 Å². The Kier molecular flexibility index (Phi) is 1.87. The number of fused-ring (bicyclic) bond motifs is 1. The fraction of sp³-hybridized carbons (Fsp3) is 0.455. The summed E-state index contributed by atoms with van der Waals surface area (Å²) in [5.74, 6) is 1.54. The minimum atomic E-state index is 0.592. The number of hydrogen-bond acceptors (Lipinski definition) is 4. The van der Waals surface area contributed by atoms with Crippen molar-refractivity contribution in [2.24, 2.45) is 0 Å². The Labute approximate surface area is 88.4 Å². The lowest BCUT2D eigenvalue weighted by Gasteiger charge is -2.20. The van der Waals surface area contributed by atoms with Gasteiger partial charge in [0.15, 0.2) is 11.5 Å². The van der Waals surface area contributed by atoms with E-state index < -0.39 is 0 Å². The van der Waals surface area contributed by atoms with Gasteiger partial charge in [-0.3, -0.25) is 0 Å². The number of ether oxygens (including phenoxy) is 2. The van der Waals surface area contributed by atoms with Crippen LogP contribution in [0.2, 0.25) is 0 Å². The maximum Gasteiger partial charge on any atom is 0.163 e. The zero-order valence-electron chi connectivity index (χ0n) is 8.45. The van der Waals surface area contributed by atoms with E-state index in [0.29, 0.717) is 19.3 Å². The lowest BCUT2D eigenvalue weighted by atomic mass is 10.2. The molecule has 15 heavy (non-hydrogen) atoms. The first-order valence-corrected chi connectivity index (χ1v) is 5.28. The van der Waals surface area contributed by atoms with Crippen molar-refractivity contribution in [2.45, 2.75) is 18.9 Å². The second kappa shape index (κ2) is 3.22. The van der Waals surface area contributed by atoms with E-state index in [-0.39, 0.29) is 0 Å². The van der Waals surface area contributed by atoms with Crippen molar-refractivity contribution in [1.29, 1.82) is 0 Å². The van der Waals surface area contributed by atoms with E-state index in [0.717, 1.165) is 22.9 Å². The van der Waals surface area contributed by atoms with Crippen LogP contribution in [-0.4, -0.2) is 19.3 Å². The van der Waals surface area contributed by atoms with Crippen LogP contribution < -0.4 is 20.5 Å². The average Bonchev–Trinajstić information content (AvgIpc) is 3.03. The fourth-order valence-electron chi connectivity index (χ4n) is 1.68. The molecule has 1 aliphatic heterocycles. The van der Waals surface area contributed by atoms with Crippen LogP contribution in [0.15, 0.2) is 12.1 Å². The molecule has 4 nitrogen and oxygen atoms in total. The van der Waals surface area contributed by atoms with Crippen LogP contribution in [0, 0.1) is 0 Å². The van der Waals surface area contributed by atoms with Crippen molar-refractivity contribution in [1.82, 2.24) is 0 Å². The number of rotatable bonds is 2. The van der Waals surface area contributed by atoms with E-state index in [1.54, 1.807) is 0 Å². The normalized spacial score (nSPS) is 18.7. The summed E-state index contributed by atoms with van der Waals surface area (Å²) in [6, 6.07) is 4.36. The van der Waals surface area contributed by atoms with Crippen molar-refractivity contribution in [3.05, 3.63) is 12.1 Å². The molecule has 0 spiro atoms. The molecule has 3 rings (SSSR count). The zero-order chi connectivity index (χ0) is 10.3. The summed E-state index contributed by atoms with van der Waals surface area (Å²) in [5, 5.41) is 3.37. The van der Waals surface area contributed by atoms with Crippen molar-refractivity contribution in [3.63, 3.8) is 0 Å². The van der Waals surface area contributed by atoms with E-state index in [2.05, 4.69) is 5.32 Å². The molecule has 1 fully saturated rings. The van der Waals surface area contributed by atoms with Gasteiger partial charge >= 0.3 is 0 Å². The first kappa shape index (κ1) is 8.71. The third-order valence-corrected chi connectivity index (χ3v) is 2.65. The number of nitrogens with two attached hydrogens (primary N) is 1. The smallest absolute Gasteiger partial charge is 0.163 e. The molecular weight excluding hydrogens is 192 g/mol. The van der Waals surface area contributed by atoms with E-state index >= 15 is 0 Å². The van der Waals surface area contributed by atoms with Gasteiger partial charge in [-0.1, -0.05) is 0 Å². The third-order valence-electron chi connectivity index (χ3n) is 2.65. The molecule has 0 amide bonds. The monoisotopic (exact) mass is 206 g/mol. The number of nitrogen functional groups attached to an aromatic ring is 1. The van der Waals surface area contributed by atoms with Crippen molar-refractivity contribution in [2.75, 3.05) is 24.3 Å². The topological polar surface area (TPSA) is 56.5 Å². The molecule has 0 saturated heterocycles. The highest BCUT2D eigenvalue weighted by atomic mass is 16.6. The predicted molar refractivity (Wildman–Crippen MR) is 58.5 cm³/mol. The minimum Gasteiger partial charge on any atom is -0.486 e. The minimum absolute atomic E-state index is 0.592. The van der Waals surface area contributed by atoms with Gasteiger partial charge in [-0.25, -0.2) is 0 Å². The highest BCUT2D eigenvalue weighted by molar-refractivity contribution is 5.72. The van der Waals surface area contributed by atoms with E-state index in [9.17, 15) is 0 Å². The lowest BCUT2D eigenvalue weighted by Crippen LogP contribution is -2.16. The standard InChI is InChI=1S/C11H14N2O2/c12-8-5-10-11(15-4-3-14-10)6-9(8)13-7-1-2-7/h5-7,13H,1-4,12H2. The number of anilines is 2. The third kappa shape index (κ3) is 1.67. The first-order chi connectivity index (χ1) is 7.33. The Morgan fingerprint density at radius 2 is 1.80 bits per heavy atom. The van der Waals surface area contributed by atoms with E-state index in [1.165, 1.54) is 12.8 Å². The van der Waals surface area contributed by atoms with Gasteiger partial charge in [-0.2, -0.15) is 0 Å². The molecule has 4 heteroatoms. The quantitative estimate of drug-likeness (QED) is 0.722. The summed E-state index contributed by atoms with van der Waals surface area (Å²) >= 11 is 0. The van der Waals surface area contributed by atoms with E-state index in [4.69, 9.17) is 15.2 Å². The second-order valence-electron chi connectivity index (χ2n) is 4.00. The zero-order valence-corrected chi connectivity index (χ0v) is 8.45. The Morgan fingerprint density at radius 3 is 2.47 bits per heavy atom. The van der Waals surface area contributed by atoms with Crippen LogP contribution in [-0.2, 0) is 0 Å². The Balaban J connectivity index is 1.92. The van der Waals surface area contributed by atoms with Crippen LogP contribution in [0.3, 0.4) is 0 Å². The molecule has 0 atom stereocenters. The van der Waals surface area contributed by atoms with E-state index in [1.807, 2.05) is 12.1 Å². The molecule has 1 aromatic carbocycles. The highest BCUT2D eigenvalue weighted by Gasteiger charge is 2.23. The van der Waals surface area contributed by atoms with Crippen molar-refractivity contribution < 1.29 is 9.47 Å². The van der Waals surface area contributed by atoms with Gasteiger partial charge in [-0.15, -0.1) is 0 Å². The SMILES string of the molecule is Nc1cc2c(cc1NC1CC1)OCCO2. The molecule has 2 aliphatic rings. The Hall–Kier alpha value is -1.58. The molecule has 1 heterocycles. The van der Waals surface area contributed by atoms with Crippen LogP contribution in [0.5, 0.6) is 11.5 Å². The summed E-state index contributed by atoms with van der Waals surface area (Å²) < 4.78 is 10.9. The highest BCUT2D eigenvalue weighted by Crippen LogP contribution is 2.38. The maximum atomic E-state index is 5.92. The Bertz CT molecular complexity index is 388. The summed E-state index contributed by atoms with van der Waals surface area (Å²) in [6.45, 7) is 1.21. The molecule has 0 unspecified atom stereocenters. The van der Waals surface area contributed by atoms with Crippen LogP contribution in [0.25, 0.3) is 0 Å². The Morgan fingerprint density at radius 1 is 1.13 bits per heavy atom. The fourth-order valence-corrected chi connectivity index (χ4v) is 1.68. The molecule has 1 aliphatic carbocycles. The summed E-state index contributed by atoms with van der Waals surface area (Å²) in [6.07, 6.45) is 2.46. The van der Waals surface area contributed by atoms with Gasteiger partial charge in [0.25, 0.3) is 0 Å².